The number of nitrogens with one attached hydrogen (secondary N) is 1. The van der Waals surface area contributed by atoms with Crippen molar-refractivity contribution in [3.63, 3.8) is 0 Å². The van der Waals surface area contributed by atoms with Crippen molar-refractivity contribution in [1.82, 2.24) is 4.90 Å². The number of halogens is 4. The van der Waals surface area contributed by atoms with Crippen molar-refractivity contribution in [1.29, 1.82) is 0 Å². The molecular formula is C29H25Cl2F2N3O4. The number of hydrogen-bond donors (Lipinski definition) is 3. The molecule has 3 aliphatic rings. The van der Waals surface area contributed by atoms with Gasteiger partial charge in [-0.15, -0.1) is 0 Å². The third-order valence-corrected chi connectivity index (χ3v) is 8.97. The molecule has 3 heterocycles. The number of fused-ring (bicyclic) bond motifs is 4. The molecule has 2 fully saturated rings. The topological polar surface area (TPSA) is 93.1 Å². The summed E-state index contributed by atoms with van der Waals surface area (Å²) in [4.78, 5) is 30.0. The minimum absolute atomic E-state index is 0.105. The number of amides is 1. The number of hydrogen-bond acceptors (Lipinski definition) is 5. The molecule has 2 saturated heterocycles. The zero-order valence-corrected chi connectivity index (χ0v) is 22.7. The van der Waals surface area contributed by atoms with Crippen LogP contribution in [-0.4, -0.2) is 58.8 Å². The molecule has 0 saturated carbocycles. The summed E-state index contributed by atoms with van der Waals surface area (Å²) in [5.41, 5.74) is 0.513. The van der Waals surface area contributed by atoms with E-state index in [2.05, 4.69) is 5.32 Å². The van der Waals surface area contributed by atoms with Gasteiger partial charge in [-0.25, -0.2) is 8.78 Å². The lowest BCUT2D eigenvalue weighted by Crippen LogP contribution is -2.56. The smallest absolute Gasteiger partial charge is 0.309 e. The number of carboxylic acids is 1. The van der Waals surface area contributed by atoms with Crippen LogP contribution in [0.2, 0.25) is 10.0 Å². The van der Waals surface area contributed by atoms with E-state index in [4.69, 9.17) is 23.2 Å². The summed E-state index contributed by atoms with van der Waals surface area (Å²) < 4.78 is 30.1. The minimum Gasteiger partial charge on any atom is -0.481 e. The molecule has 5 atom stereocenters. The summed E-state index contributed by atoms with van der Waals surface area (Å²) in [5.74, 6) is -8.27. The van der Waals surface area contributed by atoms with Crippen LogP contribution in [0.3, 0.4) is 0 Å². The Morgan fingerprint density at radius 1 is 1.07 bits per heavy atom. The number of nitrogens with zero attached hydrogens (tertiary/aromatic N) is 2. The number of aliphatic hydroxyl groups is 1. The number of rotatable bonds is 4. The second kappa shape index (κ2) is 9.41. The number of carbonyl (C=O) groups excluding carboxylic acids is 1. The fourth-order valence-electron chi connectivity index (χ4n) is 6.95. The van der Waals surface area contributed by atoms with Gasteiger partial charge in [0.05, 0.1) is 34.8 Å². The van der Waals surface area contributed by atoms with Gasteiger partial charge in [0, 0.05) is 35.7 Å². The average Bonchev–Trinajstić information content (AvgIpc) is 3.49. The highest BCUT2D eigenvalue weighted by Crippen LogP contribution is 2.62. The molecule has 40 heavy (non-hydrogen) atoms. The Balaban J connectivity index is 1.51. The standard InChI is InChI=1S/C29H25Cl2F2N3O4/c1-35(20-10-6-5-9-17(20)15-7-3-2-4-8-15)25(37)22-21-13-28(32,33)14-36(21)29(23(22)26(38)39)18-11-16(30)12-19(31)24(18)34-27(29)40/h2-12,21-23,27,34,40H,13-14H2,1H3,(H,38,39)/t21-,22+,23-,27?,29+/m1/s1. The number of para-hydroxylation sites is 1. The van der Waals surface area contributed by atoms with Crippen molar-refractivity contribution in [2.24, 2.45) is 11.8 Å². The summed E-state index contributed by atoms with van der Waals surface area (Å²) in [7, 11) is 1.51. The molecule has 7 nitrogen and oxygen atoms in total. The third-order valence-electron chi connectivity index (χ3n) is 8.45. The van der Waals surface area contributed by atoms with Crippen LogP contribution in [0.1, 0.15) is 12.0 Å². The lowest BCUT2D eigenvalue weighted by Gasteiger charge is -2.40. The number of benzene rings is 3. The zero-order chi connectivity index (χ0) is 28.6. The molecule has 3 aromatic rings. The van der Waals surface area contributed by atoms with Gasteiger partial charge in [-0.2, -0.15) is 0 Å². The number of anilines is 2. The first-order chi connectivity index (χ1) is 19.0. The van der Waals surface area contributed by atoms with Crippen molar-refractivity contribution < 1.29 is 28.6 Å². The molecule has 1 amide bonds. The van der Waals surface area contributed by atoms with Crippen LogP contribution in [0.5, 0.6) is 0 Å². The van der Waals surface area contributed by atoms with Crippen LogP contribution in [-0.2, 0) is 15.1 Å². The first kappa shape index (κ1) is 27.0. The molecule has 1 unspecified atom stereocenters. The monoisotopic (exact) mass is 587 g/mol. The van der Waals surface area contributed by atoms with Gasteiger partial charge in [0.25, 0.3) is 5.92 Å². The minimum atomic E-state index is -3.22. The predicted octanol–water partition coefficient (Wildman–Crippen LogP) is 5.30. The fraction of sp³-hybridized carbons (Fsp3) is 0.310. The van der Waals surface area contributed by atoms with Crippen molar-refractivity contribution in [2.45, 2.75) is 30.2 Å². The van der Waals surface area contributed by atoms with Gasteiger partial charge in [-0.1, -0.05) is 71.7 Å². The highest BCUT2D eigenvalue weighted by atomic mass is 35.5. The molecule has 3 N–H and O–H groups in total. The van der Waals surface area contributed by atoms with Crippen molar-refractivity contribution in [3.05, 3.63) is 82.3 Å². The Kier molecular flexibility index (Phi) is 6.34. The summed E-state index contributed by atoms with van der Waals surface area (Å²) >= 11 is 12.7. The molecule has 0 bridgehead atoms. The highest BCUT2D eigenvalue weighted by molar-refractivity contribution is 6.36. The summed E-state index contributed by atoms with van der Waals surface area (Å²) in [6.45, 7) is -0.835. The van der Waals surface area contributed by atoms with Crippen molar-refractivity contribution in [3.8, 4) is 11.1 Å². The van der Waals surface area contributed by atoms with E-state index in [0.29, 0.717) is 5.69 Å². The molecule has 3 aromatic carbocycles. The van der Waals surface area contributed by atoms with E-state index in [0.717, 1.165) is 11.1 Å². The van der Waals surface area contributed by atoms with Gasteiger partial charge in [0.1, 0.15) is 11.8 Å². The van der Waals surface area contributed by atoms with E-state index in [9.17, 15) is 19.8 Å². The van der Waals surface area contributed by atoms with Crippen molar-refractivity contribution in [2.75, 3.05) is 23.8 Å². The molecule has 6 rings (SSSR count). The maximum absolute atomic E-state index is 15.1. The zero-order valence-electron chi connectivity index (χ0n) is 21.2. The molecule has 1 spiro atoms. The lowest BCUT2D eigenvalue weighted by atomic mass is 9.73. The van der Waals surface area contributed by atoms with Gasteiger partial charge in [0.15, 0.2) is 0 Å². The largest absolute Gasteiger partial charge is 0.481 e. The van der Waals surface area contributed by atoms with Gasteiger partial charge < -0.3 is 20.4 Å². The van der Waals surface area contributed by atoms with Crippen LogP contribution in [0.25, 0.3) is 11.1 Å². The Bertz CT molecular complexity index is 1520. The first-order valence-electron chi connectivity index (χ1n) is 12.7. The molecule has 0 aliphatic carbocycles. The van der Waals surface area contributed by atoms with Gasteiger partial charge in [-0.05, 0) is 23.8 Å². The summed E-state index contributed by atoms with van der Waals surface area (Å²) in [6.07, 6.45) is -2.38. The average molecular weight is 588 g/mol. The number of carboxylic acid groups (broad SMARTS) is 1. The fourth-order valence-corrected chi connectivity index (χ4v) is 7.49. The Labute approximate surface area is 238 Å². The van der Waals surface area contributed by atoms with E-state index in [-0.39, 0.29) is 21.3 Å². The van der Waals surface area contributed by atoms with Crippen LogP contribution < -0.4 is 10.2 Å². The van der Waals surface area contributed by atoms with Gasteiger partial charge >= 0.3 is 5.97 Å². The highest BCUT2D eigenvalue weighted by Gasteiger charge is 2.74. The Hall–Kier alpha value is -3.24. The molecule has 3 aliphatic heterocycles. The SMILES string of the molecule is CN(C(=O)[C@H]1[C@H]2CC(F)(F)CN2[C@@]2(c3cc(Cl)cc(Cl)c3NC2O)[C@H]1C(=O)O)c1ccccc1-c1ccccc1. The second-order valence-electron chi connectivity index (χ2n) is 10.6. The normalized spacial score (nSPS) is 28.2. The van der Waals surface area contributed by atoms with E-state index in [1.807, 2.05) is 42.5 Å². The number of carbonyl (C=O) groups is 2. The summed E-state index contributed by atoms with van der Waals surface area (Å²) in [6, 6.07) is 18.1. The summed E-state index contributed by atoms with van der Waals surface area (Å²) in [5, 5.41) is 25.1. The number of alkyl halides is 2. The molecular weight excluding hydrogens is 563 g/mol. The molecule has 208 valence electrons. The van der Waals surface area contributed by atoms with Gasteiger partial charge in [-0.3, -0.25) is 14.5 Å². The van der Waals surface area contributed by atoms with Gasteiger partial charge in [0.2, 0.25) is 5.91 Å². The molecule has 0 radical (unpaired) electrons. The first-order valence-corrected chi connectivity index (χ1v) is 13.5. The lowest BCUT2D eigenvalue weighted by molar-refractivity contribution is -0.153. The Morgan fingerprint density at radius 2 is 1.75 bits per heavy atom. The van der Waals surface area contributed by atoms with Crippen LogP contribution >= 0.6 is 23.2 Å². The van der Waals surface area contributed by atoms with E-state index < -0.39 is 60.4 Å². The predicted molar refractivity (Wildman–Crippen MR) is 148 cm³/mol. The quantitative estimate of drug-likeness (QED) is 0.383. The van der Waals surface area contributed by atoms with Crippen LogP contribution in [0, 0.1) is 11.8 Å². The van der Waals surface area contributed by atoms with E-state index >= 15 is 8.78 Å². The second-order valence-corrected chi connectivity index (χ2v) is 11.4. The molecule has 11 heteroatoms. The number of aliphatic hydroxyl groups excluding tert-OH is 1. The van der Waals surface area contributed by atoms with Crippen LogP contribution in [0.15, 0.2) is 66.7 Å². The Morgan fingerprint density at radius 3 is 2.45 bits per heavy atom. The maximum atomic E-state index is 15.1. The van der Waals surface area contributed by atoms with E-state index in [1.54, 1.807) is 12.1 Å². The number of aliphatic carboxylic acids is 1. The third kappa shape index (κ3) is 3.83. The van der Waals surface area contributed by atoms with Crippen molar-refractivity contribution >= 4 is 46.5 Å². The maximum Gasteiger partial charge on any atom is 0.309 e. The molecule has 0 aromatic heterocycles. The van der Waals surface area contributed by atoms with Crippen LogP contribution in [0.4, 0.5) is 20.2 Å². The van der Waals surface area contributed by atoms with E-state index in [1.165, 1.54) is 29.0 Å².